The largest absolute Gasteiger partial charge is 0.481 e. The first-order valence-electron chi connectivity index (χ1n) is 8.50. The predicted octanol–water partition coefficient (Wildman–Crippen LogP) is 2.21. The molecular formula is C17H30N2O3. The molecule has 2 fully saturated rings. The Balaban J connectivity index is 2.13. The monoisotopic (exact) mass is 310 g/mol. The molecule has 0 aromatic carbocycles. The van der Waals surface area contributed by atoms with Gasteiger partial charge in [0.2, 0.25) is 5.91 Å². The van der Waals surface area contributed by atoms with E-state index < -0.39 is 11.4 Å². The van der Waals surface area contributed by atoms with Gasteiger partial charge < -0.3 is 10.0 Å². The third-order valence-corrected chi connectivity index (χ3v) is 5.60. The number of carboxylic acid groups (broad SMARTS) is 1. The lowest BCUT2D eigenvalue weighted by Crippen LogP contribution is -2.52. The maximum Gasteiger partial charge on any atom is 0.311 e. The summed E-state index contributed by atoms with van der Waals surface area (Å²) in [6, 6.07) is 0.0719. The van der Waals surface area contributed by atoms with Crippen LogP contribution in [0, 0.1) is 11.3 Å². The van der Waals surface area contributed by atoms with E-state index in [2.05, 4.69) is 4.90 Å². The zero-order valence-electron chi connectivity index (χ0n) is 14.5. The van der Waals surface area contributed by atoms with E-state index in [1.807, 2.05) is 39.5 Å². The zero-order valence-corrected chi connectivity index (χ0v) is 14.5. The van der Waals surface area contributed by atoms with Crippen LogP contribution in [-0.4, -0.2) is 58.0 Å². The zero-order chi connectivity index (χ0) is 16.7. The van der Waals surface area contributed by atoms with Crippen LogP contribution >= 0.6 is 0 Å². The number of likely N-dealkylation sites (tertiary alicyclic amines) is 1. The second-order valence-electron chi connectivity index (χ2n) is 7.59. The summed E-state index contributed by atoms with van der Waals surface area (Å²) in [7, 11) is 0. The van der Waals surface area contributed by atoms with Crippen LogP contribution in [0.2, 0.25) is 0 Å². The third kappa shape index (κ3) is 2.75. The minimum Gasteiger partial charge on any atom is -0.481 e. The number of amides is 1. The summed E-state index contributed by atoms with van der Waals surface area (Å²) in [5.74, 6) is -0.362. The van der Waals surface area contributed by atoms with Crippen molar-refractivity contribution in [2.75, 3.05) is 13.1 Å². The number of rotatable bonds is 5. The highest BCUT2D eigenvalue weighted by atomic mass is 16.4. The van der Waals surface area contributed by atoms with E-state index in [0.29, 0.717) is 6.54 Å². The first-order chi connectivity index (χ1) is 10.2. The van der Waals surface area contributed by atoms with Crippen LogP contribution in [0.5, 0.6) is 0 Å². The van der Waals surface area contributed by atoms with Gasteiger partial charge in [-0.1, -0.05) is 6.42 Å². The first-order valence-corrected chi connectivity index (χ1v) is 8.50. The van der Waals surface area contributed by atoms with Gasteiger partial charge in [-0.25, -0.2) is 0 Å². The average molecular weight is 310 g/mol. The van der Waals surface area contributed by atoms with Crippen molar-refractivity contribution >= 4 is 11.9 Å². The molecule has 1 aliphatic heterocycles. The van der Waals surface area contributed by atoms with Crippen molar-refractivity contribution in [1.29, 1.82) is 0 Å². The van der Waals surface area contributed by atoms with Crippen LogP contribution in [0.4, 0.5) is 0 Å². The molecule has 22 heavy (non-hydrogen) atoms. The Hall–Kier alpha value is -1.10. The highest BCUT2D eigenvalue weighted by Gasteiger charge is 2.56. The Bertz CT molecular complexity index is 441. The first kappa shape index (κ1) is 17.3. The van der Waals surface area contributed by atoms with Gasteiger partial charge in [-0.2, -0.15) is 0 Å². The fraction of sp³-hybridized carbons (Fsp3) is 0.882. The molecule has 2 rings (SSSR count). The van der Waals surface area contributed by atoms with Crippen LogP contribution in [0.15, 0.2) is 0 Å². The molecule has 5 nitrogen and oxygen atoms in total. The summed E-state index contributed by atoms with van der Waals surface area (Å²) in [4.78, 5) is 28.6. The second kappa shape index (κ2) is 6.19. The number of carboxylic acids is 1. The maximum absolute atomic E-state index is 12.8. The number of fused-ring (bicyclic) bond motifs is 1. The van der Waals surface area contributed by atoms with E-state index in [-0.39, 0.29) is 30.0 Å². The summed E-state index contributed by atoms with van der Waals surface area (Å²) in [6.45, 7) is 11.3. The Morgan fingerprint density at radius 1 is 1.18 bits per heavy atom. The molecule has 0 bridgehead atoms. The van der Waals surface area contributed by atoms with Crippen LogP contribution < -0.4 is 0 Å². The Morgan fingerprint density at radius 3 is 2.23 bits per heavy atom. The van der Waals surface area contributed by atoms with Crippen LogP contribution in [0.3, 0.4) is 0 Å². The maximum atomic E-state index is 12.8. The van der Waals surface area contributed by atoms with Crippen molar-refractivity contribution in [2.45, 2.75) is 72.0 Å². The molecule has 1 aliphatic carbocycles. The summed E-state index contributed by atoms with van der Waals surface area (Å²) >= 11 is 0. The second-order valence-corrected chi connectivity index (χ2v) is 7.59. The van der Waals surface area contributed by atoms with E-state index in [0.717, 1.165) is 25.8 Å². The summed E-state index contributed by atoms with van der Waals surface area (Å²) in [6.07, 6.45) is 2.72. The van der Waals surface area contributed by atoms with Crippen molar-refractivity contribution in [1.82, 2.24) is 9.80 Å². The van der Waals surface area contributed by atoms with Gasteiger partial charge >= 0.3 is 5.97 Å². The number of hydrogen-bond donors (Lipinski definition) is 1. The number of hydrogen-bond acceptors (Lipinski definition) is 3. The van der Waals surface area contributed by atoms with Gasteiger partial charge in [-0.15, -0.1) is 0 Å². The van der Waals surface area contributed by atoms with Gasteiger partial charge in [-0.3, -0.25) is 14.5 Å². The van der Waals surface area contributed by atoms with Crippen molar-refractivity contribution < 1.29 is 14.7 Å². The molecule has 1 amide bonds. The predicted molar refractivity (Wildman–Crippen MR) is 85.6 cm³/mol. The Kier molecular flexibility index (Phi) is 4.85. The minimum absolute atomic E-state index is 0.116. The van der Waals surface area contributed by atoms with Gasteiger partial charge in [0.1, 0.15) is 0 Å². The van der Waals surface area contributed by atoms with E-state index in [9.17, 15) is 14.7 Å². The number of carbonyl (C=O) groups is 2. The lowest BCUT2D eigenvalue weighted by Gasteiger charge is -2.36. The van der Waals surface area contributed by atoms with E-state index in [1.165, 1.54) is 0 Å². The molecule has 1 N–H and O–H groups in total. The van der Waals surface area contributed by atoms with E-state index in [4.69, 9.17) is 0 Å². The standard InChI is InChI=1S/C17H30N2O3/c1-11(2)19(12(3)4)15(20)13(5)18-9-14-7-6-8-17(14,10-18)16(21)22/h11-14H,6-10H2,1-5H3,(H,21,22)/t13?,14-,17+/m0/s1. The summed E-state index contributed by atoms with van der Waals surface area (Å²) < 4.78 is 0. The van der Waals surface area contributed by atoms with Crippen molar-refractivity contribution in [3.8, 4) is 0 Å². The highest BCUT2D eigenvalue weighted by Crippen LogP contribution is 2.49. The fourth-order valence-corrected chi connectivity index (χ4v) is 4.45. The minimum atomic E-state index is -0.679. The molecule has 0 aromatic heterocycles. The van der Waals surface area contributed by atoms with E-state index >= 15 is 0 Å². The molecule has 126 valence electrons. The molecular weight excluding hydrogens is 280 g/mol. The topological polar surface area (TPSA) is 60.9 Å². The van der Waals surface area contributed by atoms with Gasteiger partial charge in [-0.05, 0) is 53.4 Å². The average Bonchev–Trinajstić information content (AvgIpc) is 2.93. The Labute approximate surface area is 133 Å². The van der Waals surface area contributed by atoms with Crippen molar-refractivity contribution in [3.63, 3.8) is 0 Å². The van der Waals surface area contributed by atoms with Gasteiger partial charge in [0.25, 0.3) is 0 Å². The van der Waals surface area contributed by atoms with Crippen molar-refractivity contribution in [2.24, 2.45) is 11.3 Å². The highest BCUT2D eigenvalue weighted by molar-refractivity contribution is 5.82. The van der Waals surface area contributed by atoms with Crippen LogP contribution in [-0.2, 0) is 9.59 Å². The molecule has 0 aromatic rings. The molecule has 3 atom stereocenters. The SMILES string of the molecule is CC(C(=O)N(C(C)C)C(C)C)N1C[C@@H]2CCC[C@@]2(C(=O)O)C1. The molecule has 1 unspecified atom stereocenters. The van der Waals surface area contributed by atoms with Gasteiger partial charge in [0.05, 0.1) is 11.5 Å². The number of aliphatic carboxylic acids is 1. The van der Waals surface area contributed by atoms with E-state index in [1.54, 1.807) is 0 Å². The van der Waals surface area contributed by atoms with Crippen LogP contribution in [0.1, 0.15) is 53.9 Å². The molecule has 1 heterocycles. The normalized spacial score (nSPS) is 29.9. The summed E-state index contributed by atoms with van der Waals surface area (Å²) in [5, 5.41) is 9.68. The quantitative estimate of drug-likeness (QED) is 0.846. The fourth-order valence-electron chi connectivity index (χ4n) is 4.45. The molecule has 5 heteroatoms. The number of nitrogens with zero attached hydrogens (tertiary/aromatic N) is 2. The lowest BCUT2D eigenvalue weighted by molar-refractivity contribution is -0.150. The summed E-state index contributed by atoms with van der Waals surface area (Å²) in [5.41, 5.74) is -0.616. The molecule has 1 saturated heterocycles. The molecule has 1 saturated carbocycles. The smallest absolute Gasteiger partial charge is 0.311 e. The number of carbonyl (C=O) groups excluding carboxylic acids is 1. The molecule has 0 radical (unpaired) electrons. The van der Waals surface area contributed by atoms with Crippen LogP contribution in [0.25, 0.3) is 0 Å². The Morgan fingerprint density at radius 2 is 1.77 bits per heavy atom. The van der Waals surface area contributed by atoms with Gasteiger partial charge in [0, 0.05) is 25.2 Å². The molecule has 0 spiro atoms. The molecule has 2 aliphatic rings. The van der Waals surface area contributed by atoms with Gasteiger partial charge in [0.15, 0.2) is 0 Å². The lowest BCUT2D eigenvalue weighted by atomic mass is 9.81. The van der Waals surface area contributed by atoms with Crippen molar-refractivity contribution in [3.05, 3.63) is 0 Å². The third-order valence-electron chi connectivity index (χ3n) is 5.60.